The summed E-state index contributed by atoms with van der Waals surface area (Å²) < 4.78 is 10.7. The SMILES string of the molecule is COc1ccc(C(C)NC(C)Cc2ccsc2)c(OC)c1. The second kappa shape index (κ2) is 7.48. The van der Waals surface area contributed by atoms with Crippen molar-refractivity contribution in [1.82, 2.24) is 5.32 Å². The average Bonchev–Trinajstić information content (AvgIpc) is 2.99. The van der Waals surface area contributed by atoms with Gasteiger partial charge >= 0.3 is 0 Å². The molecule has 3 nitrogen and oxygen atoms in total. The summed E-state index contributed by atoms with van der Waals surface area (Å²) in [5, 5.41) is 7.96. The quantitative estimate of drug-likeness (QED) is 0.837. The van der Waals surface area contributed by atoms with Crippen LogP contribution >= 0.6 is 11.3 Å². The largest absolute Gasteiger partial charge is 0.497 e. The molecule has 0 amide bonds. The molecule has 0 aliphatic carbocycles. The Balaban J connectivity index is 2.03. The van der Waals surface area contributed by atoms with Crippen LogP contribution in [0.2, 0.25) is 0 Å². The number of thiophene rings is 1. The minimum atomic E-state index is 0.222. The number of nitrogens with one attached hydrogen (secondary N) is 1. The van der Waals surface area contributed by atoms with E-state index in [2.05, 4.69) is 42.1 Å². The van der Waals surface area contributed by atoms with Crippen LogP contribution in [-0.2, 0) is 6.42 Å². The van der Waals surface area contributed by atoms with Gasteiger partial charge < -0.3 is 14.8 Å². The number of ether oxygens (including phenoxy) is 2. The first-order valence-corrected chi connectivity index (χ1v) is 8.07. The van der Waals surface area contributed by atoms with Gasteiger partial charge in [0.05, 0.1) is 14.2 Å². The first kappa shape index (κ1) is 15.9. The van der Waals surface area contributed by atoms with Gasteiger partial charge in [-0.15, -0.1) is 0 Å². The molecule has 1 aromatic heterocycles. The van der Waals surface area contributed by atoms with E-state index in [4.69, 9.17) is 9.47 Å². The molecule has 2 rings (SSSR count). The first-order chi connectivity index (χ1) is 10.1. The van der Waals surface area contributed by atoms with Gasteiger partial charge in [-0.3, -0.25) is 0 Å². The third kappa shape index (κ3) is 4.22. The Labute approximate surface area is 130 Å². The summed E-state index contributed by atoms with van der Waals surface area (Å²) in [5.41, 5.74) is 2.53. The van der Waals surface area contributed by atoms with Gasteiger partial charge in [-0.05, 0) is 48.7 Å². The van der Waals surface area contributed by atoms with Gasteiger partial charge in [0.15, 0.2) is 0 Å². The molecule has 0 saturated carbocycles. The van der Waals surface area contributed by atoms with E-state index >= 15 is 0 Å². The second-order valence-electron chi connectivity index (χ2n) is 5.23. The number of benzene rings is 1. The molecule has 1 aromatic carbocycles. The fourth-order valence-electron chi connectivity index (χ4n) is 2.51. The minimum Gasteiger partial charge on any atom is -0.497 e. The Bertz CT molecular complexity index is 554. The molecule has 0 radical (unpaired) electrons. The molecule has 21 heavy (non-hydrogen) atoms. The van der Waals surface area contributed by atoms with E-state index in [9.17, 15) is 0 Å². The van der Waals surface area contributed by atoms with Crippen LogP contribution in [0, 0.1) is 0 Å². The molecule has 2 aromatic rings. The van der Waals surface area contributed by atoms with Gasteiger partial charge in [-0.25, -0.2) is 0 Å². The Morgan fingerprint density at radius 3 is 2.57 bits per heavy atom. The van der Waals surface area contributed by atoms with Crippen molar-refractivity contribution in [2.45, 2.75) is 32.4 Å². The lowest BCUT2D eigenvalue weighted by molar-refractivity contribution is 0.382. The maximum Gasteiger partial charge on any atom is 0.127 e. The summed E-state index contributed by atoms with van der Waals surface area (Å²) in [6, 6.07) is 8.77. The van der Waals surface area contributed by atoms with E-state index in [-0.39, 0.29) is 6.04 Å². The van der Waals surface area contributed by atoms with Gasteiger partial charge in [0.1, 0.15) is 11.5 Å². The highest BCUT2D eigenvalue weighted by atomic mass is 32.1. The monoisotopic (exact) mass is 305 g/mol. The smallest absolute Gasteiger partial charge is 0.127 e. The molecular weight excluding hydrogens is 282 g/mol. The molecule has 0 saturated heterocycles. The zero-order valence-corrected chi connectivity index (χ0v) is 13.9. The third-order valence-electron chi connectivity index (χ3n) is 3.56. The van der Waals surface area contributed by atoms with E-state index in [0.29, 0.717) is 6.04 Å². The topological polar surface area (TPSA) is 30.5 Å². The predicted molar refractivity (Wildman–Crippen MR) is 88.6 cm³/mol. The highest BCUT2D eigenvalue weighted by Crippen LogP contribution is 2.29. The summed E-state index contributed by atoms with van der Waals surface area (Å²) in [6.07, 6.45) is 1.03. The summed E-state index contributed by atoms with van der Waals surface area (Å²) in [7, 11) is 3.36. The van der Waals surface area contributed by atoms with Crippen LogP contribution in [0.4, 0.5) is 0 Å². The van der Waals surface area contributed by atoms with Crippen LogP contribution in [0.1, 0.15) is 31.0 Å². The van der Waals surface area contributed by atoms with Crippen LogP contribution in [0.5, 0.6) is 11.5 Å². The van der Waals surface area contributed by atoms with Crippen molar-refractivity contribution in [3.8, 4) is 11.5 Å². The van der Waals surface area contributed by atoms with Crippen LogP contribution < -0.4 is 14.8 Å². The van der Waals surface area contributed by atoms with Crippen molar-refractivity contribution < 1.29 is 9.47 Å². The van der Waals surface area contributed by atoms with Crippen LogP contribution in [0.3, 0.4) is 0 Å². The van der Waals surface area contributed by atoms with Crippen LogP contribution in [0.25, 0.3) is 0 Å². The third-order valence-corrected chi connectivity index (χ3v) is 4.30. The first-order valence-electron chi connectivity index (χ1n) is 7.13. The lowest BCUT2D eigenvalue weighted by Crippen LogP contribution is -2.30. The van der Waals surface area contributed by atoms with Crippen molar-refractivity contribution in [2.24, 2.45) is 0 Å². The Morgan fingerprint density at radius 1 is 1.14 bits per heavy atom. The summed E-state index contributed by atoms with van der Waals surface area (Å²) in [6.45, 7) is 4.37. The fourth-order valence-corrected chi connectivity index (χ4v) is 3.20. The van der Waals surface area contributed by atoms with E-state index in [1.54, 1.807) is 25.6 Å². The molecule has 114 valence electrons. The van der Waals surface area contributed by atoms with E-state index < -0.39 is 0 Å². The lowest BCUT2D eigenvalue weighted by atomic mass is 10.0. The van der Waals surface area contributed by atoms with Crippen molar-refractivity contribution in [1.29, 1.82) is 0 Å². The zero-order valence-electron chi connectivity index (χ0n) is 13.1. The van der Waals surface area contributed by atoms with Crippen molar-refractivity contribution in [3.63, 3.8) is 0 Å². The maximum absolute atomic E-state index is 5.48. The molecular formula is C17H23NO2S. The highest BCUT2D eigenvalue weighted by Gasteiger charge is 2.15. The number of hydrogen-bond acceptors (Lipinski definition) is 4. The fraction of sp³-hybridized carbons (Fsp3) is 0.412. The average molecular weight is 305 g/mol. The molecule has 0 aliphatic rings. The Hall–Kier alpha value is -1.52. The number of rotatable bonds is 7. The zero-order chi connectivity index (χ0) is 15.2. The maximum atomic E-state index is 5.48. The number of hydrogen-bond donors (Lipinski definition) is 1. The molecule has 1 N–H and O–H groups in total. The second-order valence-corrected chi connectivity index (χ2v) is 6.01. The molecule has 0 spiro atoms. The summed E-state index contributed by atoms with van der Waals surface area (Å²) >= 11 is 1.75. The molecule has 4 heteroatoms. The van der Waals surface area contributed by atoms with E-state index in [0.717, 1.165) is 23.5 Å². The molecule has 2 unspecified atom stereocenters. The van der Waals surface area contributed by atoms with Crippen LogP contribution in [0.15, 0.2) is 35.0 Å². The molecule has 1 heterocycles. The van der Waals surface area contributed by atoms with Crippen LogP contribution in [-0.4, -0.2) is 20.3 Å². The molecule has 0 bridgehead atoms. The minimum absolute atomic E-state index is 0.222. The number of methoxy groups -OCH3 is 2. The Morgan fingerprint density at radius 2 is 1.95 bits per heavy atom. The molecule has 0 fully saturated rings. The normalized spacial score (nSPS) is 13.7. The van der Waals surface area contributed by atoms with Crippen molar-refractivity contribution in [2.75, 3.05) is 14.2 Å². The van der Waals surface area contributed by atoms with Gasteiger partial charge in [0, 0.05) is 23.7 Å². The standard InChI is InChI=1S/C17H23NO2S/c1-12(9-14-7-8-21-11-14)18-13(2)16-6-5-15(19-3)10-17(16)20-4/h5-8,10-13,18H,9H2,1-4H3. The van der Waals surface area contributed by atoms with Gasteiger partial charge in [-0.1, -0.05) is 6.07 Å². The Kier molecular flexibility index (Phi) is 5.65. The van der Waals surface area contributed by atoms with E-state index in [1.807, 2.05) is 12.1 Å². The molecule has 2 atom stereocenters. The van der Waals surface area contributed by atoms with E-state index in [1.165, 1.54) is 5.56 Å². The summed E-state index contributed by atoms with van der Waals surface area (Å²) in [5.74, 6) is 1.67. The van der Waals surface area contributed by atoms with Gasteiger partial charge in [0.25, 0.3) is 0 Å². The van der Waals surface area contributed by atoms with Gasteiger partial charge in [-0.2, -0.15) is 11.3 Å². The predicted octanol–water partition coefficient (Wildman–Crippen LogP) is 4.05. The summed E-state index contributed by atoms with van der Waals surface area (Å²) in [4.78, 5) is 0. The van der Waals surface area contributed by atoms with Crippen molar-refractivity contribution in [3.05, 3.63) is 46.2 Å². The lowest BCUT2D eigenvalue weighted by Gasteiger charge is -2.22. The van der Waals surface area contributed by atoms with Crippen molar-refractivity contribution >= 4 is 11.3 Å². The molecule has 0 aliphatic heterocycles. The van der Waals surface area contributed by atoms with Gasteiger partial charge in [0.2, 0.25) is 0 Å². The highest BCUT2D eigenvalue weighted by molar-refractivity contribution is 7.07.